The van der Waals surface area contributed by atoms with Crippen LogP contribution in [0.3, 0.4) is 0 Å². The monoisotopic (exact) mass is 236 g/mol. The van der Waals surface area contributed by atoms with Gasteiger partial charge in [-0.1, -0.05) is 12.8 Å². The molecule has 2 unspecified atom stereocenters. The normalized spacial score (nSPS) is 29.4. The van der Waals surface area contributed by atoms with E-state index in [1.807, 2.05) is 25.8 Å². The molecule has 1 saturated carbocycles. The maximum absolute atomic E-state index is 6.57. The highest BCUT2D eigenvalue weighted by atomic mass is 15.0. The Balaban J connectivity index is 1.83. The molecule has 0 spiro atoms. The standard InChI is InChI=1S/C13H24N4/c1-15-12-5-2-3-6-13(12,14)7-4-9-17-10-8-16-11-17/h8,10-12,15H,2-7,9,14H2,1H3. The number of hydrogen-bond acceptors (Lipinski definition) is 3. The number of likely N-dealkylation sites (N-methyl/N-ethyl adjacent to an activating group) is 1. The van der Waals surface area contributed by atoms with Crippen molar-refractivity contribution >= 4 is 0 Å². The molecule has 17 heavy (non-hydrogen) atoms. The van der Waals surface area contributed by atoms with Crippen molar-refractivity contribution in [1.82, 2.24) is 14.9 Å². The number of hydrogen-bond donors (Lipinski definition) is 2. The summed E-state index contributed by atoms with van der Waals surface area (Å²) in [6.07, 6.45) is 12.9. The number of aromatic nitrogens is 2. The third-order valence-electron chi connectivity index (χ3n) is 4.05. The highest BCUT2D eigenvalue weighted by molar-refractivity contribution is 4.98. The molecular formula is C13H24N4. The van der Waals surface area contributed by atoms with Gasteiger partial charge in [0.15, 0.2) is 0 Å². The molecule has 0 saturated heterocycles. The average Bonchev–Trinajstić information content (AvgIpc) is 2.82. The molecule has 4 nitrogen and oxygen atoms in total. The van der Waals surface area contributed by atoms with Crippen LogP contribution in [0.5, 0.6) is 0 Å². The average molecular weight is 236 g/mol. The molecule has 2 atom stereocenters. The second-order valence-electron chi connectivity index (χ2n) is 5.22. The number of nitrogens with one attached hydrogen (secondary N) is 1. The summed E-state index contributed by atoms with van der Waals surface area (Å²) in [4.78, 5) is 4.06. The van der Waals surface area contributed by atoms with E-state index in [0.717, 1.165) is 25.8 Å². The summed E-state index contributed by atoms with van der Waals surface area (Å²) >= 11 is 0. The summed E-state index contributed by atoms with van der Waals surface area (Å²) in [6.45, 7) is 1.02. The second-order valence-corrected chi connectivity index (χ2v) is 5.22. The fourth-order valence-corrected chi connectivity index (χ4v) is 3.01. The molecule has 3 N–H and O–H groups in total. The zero-order valence-electron chi connectivity index (χ0n) is 10.7. The summed E-state index contributed by atoms with van der Waals surface area (Å²) in [6, 6.07) is 0.485. The van der Waals surface area contributed by atoms with E-state index >= 15 is 0 Å². The Bertz CT molecular complexity index is 322. The van der Waals surface area contributed by atoms with Crippen LogP contribution in [0.25, 0.3) is 0 Å². The number of rotatable bonds is 5. The molecule has 0 aromatic carbocycles. The topological polar surface area (TPSA) is 55.9 Å². The zero-order valence-corrected chi connectivity index (χ0v) is 10.7. The van der Waals surface area contributed by atoms with Crippen LogP contribution < -0.4 is 11.1 Å². The molecule has 1 aliphatic rings. The predicted molar refractivity (Wildman–Crippen MR) is 69.7 cm³/mol. The van der Waals surface area contributed by atoms with Gasteiger partial charge >= 0.3 is 0 Å². The molecule has 96 valence electrons. The summed E-state index contributed by atoms with van der Waals surface area (Å²) in [5.74, 6) is 0. The van der Waals surface area contributed by atoms with Crippen LogP contribution in [0.15, 0.2) is 18.7 Å². The minimum Gasteiger partial charge on any atom is -0.337 e. The van der Waals surface area contributed by atoms with E-state index in [1.165, 1.54) is 19.3 Å². The van der Waals surface area contributed by atoms with Crippen molar-refractivity contribution in [2.45, 2.75) is 56.7 Å². The van der Waals surface area contributed by atoms with Crippen molar-refractivity contribution in [2.75, 3.05) is 7.05 Å². The zero-order chi connectivity index (χ0) is 12.1. The van der Waals surface area contributed by atoms with E-state index in [9.17, 15) is 0 Å². The van der Waals surface area contributed by atoms with E-state index in [1.54, 1.807) is 0 Å². The molecule has 1 aromatic heterocycles. The predicted octanol–water partition coefficient (Wildman–Crippen LogP) is 1.52. The Morgan fingerprint density at radius 2 is 2.41 bits per heavy atom. The molecule has 1 aliphatic carbocycles. The Morgan fingerprint density at radius 1 is 1.53 bits per heavy atom. The van der Waals surface area contributed by atoms with Crippen molar-refractivity contribution in [2.24, 2.45) is 5.73 Å². The van der Waals surface area contributed by atoms with E-state index < -0.39 is 0 Å². The van der Waals surface area contributed by atoms with Gasteiger partial charge in [-0.15, -0.1) is 0 Å². The Kier molecular flexibility index (Phi) is 4.18. The summed E-state index contributed by atoms with van der Waals surface area (Å²) < 4.78 is 2.13. The van der Waals surface area contributed by atoms with E-state index in [0.29, 0.717) is 6.04 Å². The van der Waals surface area contributed by atoms with E-state index in [-0.39, 0.29) is 5.54 Å². The van der Waals surface area contributed by atoms with Gasteiger partial charge in [0.1, 0.15) is 0 Å². The van der Waals surface area contributed by atoms with Gasteiger partial charge in [0.05, 0.1) is 6.33 Å². The van der Waals surface area contributed by atoms with Crippen LogP contribution in [-0.4, -0.2) is 28.2 Å². The van der Waals surface area contributed by atoms with Gasteiger partial charge in [0.2, 0.25) is 0 Å². The first kappa shape index (κ1) is 12.6. The summed E-state index contributed by atoms with van der Waals surface area (Å²) in [5.41, 5.74) is 6.56. The summed E-state index contributed by atoms with van der Waals surface area (Å²) in [5, 5.41) is 3.39. The first-order valence-corrected chi connectivity index (χ1v) is 6.66. The van der Waals surface area contributed by atoms with E-state index in [2.05, 4.69) is 14.9 Å². The van der Waals surface area contributed by atoms with Crippen LogP contribution in [0.1, 0.15) is 38.5 Å². The molecule has 0 radical (unpaired) electrons. The first-order chi connectivity index (χ1) is 8.24. The number of aryl methyl sites for hydroxylation is 1. The number of imidazole rings is 1. The molecule has 1 fully saturated rings. The highest BCUT2D eigenvalue weighted by Crippen LogP contribution is 2.30. The molecule has 0 bridgehead atoms. The lowest BCUT2D eigenvalue weighted by atomic mass is 9.75. The Morgan fingerprint density at radius 3 is 3.12 bits per heavy atom. The van der Waals surface area contributed by atoms with Gasteiger partial charge in [-0.25, -0.2) is 4.98 Å². The van der Waals surface area contributed by atoms with Crippen molar-refractivity contribution < 1.29 is 0 Å². The lowest BCUT2D eigenvalue weighted by molar-refractivity contribution is 0.205. The van der Waals surface area contributed by atoms with Gasteiger partial charge in [0, 0.05) is 30.5 Å². The Hall–Kier alpha value is -0.870. The summed E-state index contributed by atoms with van der Waals surface area (Å²) in [7, 11) is 2.04. The fraction of sp³-hybridized carbons (Fsp3) is 0.769. The number of nitrogens with two attached hydrogens (primary N) is 1. The number of nitrogens with zero attached hydrogens (tertiary/aromatic N) is 2. The van der Waals surface area contributed by atoms with Gasteiger partial charge in [-0.3, -0.25) is 0 Å². The van der Waals surface area contributed by atoms with E-state index in [4.69, 9.17) is 5.73 Å². The van der Waals surface area contributed by atoms with Crippen LogP contribution in [0.2, 0.25) is 0 Å². The highest BCUT2D eigenvalue weighted by Gasteiger charge is 2.35. The lowest BCUT2D eigenvalue weighted by Gasteiger charge is -2.41. The third kappa shape index (κ3) is 3.07. The van der Waals surface area contributed by atoms with Crippen LogP contribution in [0, 0.1) is 0 Å². The van der Waals surface area contributed by atoms with Crippen molar-refractivity contribution in [3.05, 3.63) is 18.7 Å². The van der Waals surface area contributed by atoms with Gasteiger partial charge in [-0.05, 0) is 32.7 Å². The maximum atomic E-state index is 6.57. The Labute approximate surface area is 104 Å². The lowest BCUT2D eigenvalue weighted by Crippen LogP contribution is -2.58. The van der Waals surface area contributed by atoms with Crippen LogP contribution >= 0.6 is 0 Å². The SMILES string of the molecule is CNC1CCCCC1(N)CCCn1ccnc1. The minimum atomic E-state index is -0.00637. The molecule has 2 rings (SSSR count). The maximum Gasteiger partial charge on any atom is 0.0945 e. The molecular weight excluding hydrogens is 212 g/mol. The molecule has 4 heteroatoms. The van der Waals surface area contributed by atoms with Crippen LogP contribution in [-0.2, 0) is 6.54 Å². The first-order valence-electron chi connectivity index (χ1n) is 6.66. The molecule has 1 aromatic rings. The second kappa shape index (κ2) is 5.65. The third-order valence-corrected chi connectivity index (χ3v) is 4.05. The molecule has 0 amide bonds. The van der Waals surface area contributed by atoms with Crippen molar-refractivity contribution in [1.29, 1.82) is 0 Å². The minimum absolute atomic E-state index is 0.00637. The van der Waals surface area contributed by atoms with Gasteiger partial charge < -0.3 is 15.6 Å². The molecule has 1 heterocycles. The van der Waals surface area contributed by atoms with Crippen LogP contribution in [0.4, 0.5) is 0 Å². The van der Waals surface area contributed by atoms with Gasteiger partial charge in [-0.2, -0.15) is 0 Å². The largest absolute Gasteiger partial charge is 0.337 e. The van der Waals surface area contributed by atoms with Crippen molar-refractivity contribution in [3.63, 3.8) is 0 Å². The quantitative estimate of drug-likeness (QED) is 0.815. The van der Waals surface area contributed by atoms with Crippen molar-refractivity contribution in [3.8, 4) is 0 Å². The fourth-order valence-electron chi connectivity index (χ4n) is 3.01. The van der Waals surface area contributed by atoms with Gasteiger partial charge in [0.25, 0.3) is 0 Å². The smallest absolute Gasteiger partial charge is 0.0945 e. The molecule has 0 aliphatic heterocycles.